The van der Waals surface area contributed by atoms with Crippen LogP contribution in [0, 0.1) is 34.0 Å². The summed E-state index contributed by atoms with van der Waals surface area (Å²) in [4.78, 5) is 0. The van der Waals surface area contributed by atoms with Crippen LogP contribution in [0.3, 0.4) is 0 Å². The lowest BCUT2D eigenvalue weighted by atomic mass is 10.0. The zero-order chi connectivity index (χ0) is 33.4. The Morgan fingerprint density at radius 2 is 0.878 bits per heavy atom. The van der Waals surface area contributed by atoms with Crippen LogP contribution in [-0.4, -0.2) is 14.9 Å². The molecule has 0 radical (unpaired) electrons. The average molecular weight is 632 g/mol. The summed E-state index contributed by atoms with van der Waals surface area (Å²) >= 11 is 0. The van der Waals surface area contributed by atoms with Crippen LogP contribution in [-0.2, 0) is 0 Å². The van der Waals surface area contributed by atoms with Gasteiger partial charge in [0.15, 0.2) is 0 Å². The van der Waals surface area contributed by atoms with Crippen molar-refractivity contribution in [1.82, 2.24) is 9.13 Å². The zero-order valence-corrected chi connectivity index (χ0v) is 26.5. The Morgan fingerprint density at radius 3 is 1.33 bits per heavy atom. The summed E-state index contributed by atoms with van der Waals surface area (Å²) in [6, 6.07) is 44.4. The maximum Gasteiger partial charge on any atom is 0.245 e. The van der Waals surface area contributed by atoms with E-state index in [1.807, 2.05) is 98.8 Å². The van der Waals surface area contributed by atoms with Crippen LogP contribution in [0.5, 0.6) is 11.5 Å². The van der Waals surface area contributed by atoms with Crippen molar-refractivity contribution in [2.45, 2.75) is 19.6 Å². The second-order valence-electron chi connectivity index (χ2n) is 12.7. The summed E-state index contributed by atoms with van der Waals surface area (Å²) in [5, 5.41) is 32.8. The molecule has 0 saturated carbocycles. The van der Waals surface area contributed by atoms with Crippen molar-refractivity contribution in [1.29, 1.82) is 15.8 Å². The van der Waals surface area contributed by atoms with E-state index in [9.17, 15) is 15.8 Å². The molecule has 49 heavy (non-hydrogen) atoms. The molecule has 0 atom stereocenters. The fourth-order valence-corrected chi connectivity index (χ4v) is 7.22. The third-order valence-electron chi connectivity index (χ3n) is 9.27. The zero-order valence-electron chi connectivity index (χ0n) is 26.5. The molecule has 8 aromatic rings. The molecule has 230 valence electrons. The number of fused-ring (bicyclic) bond motifs is 9. The molecule has 0 unspecified atom stereocenters. The third kappa shape index (κ3) is 4.26. The van der Waals surface area contributed by atoms with Gasteiger partial charge in [0, 0.05) is 57.9 Å². The van der Waals surface area contributed by atoms with Crippen molar-refractivity contribution in [2.24, 2.45) is 0 Å². The first-order chi connectivity index (χ1) is 23.9. The molecule has 3 heterocycles. The first-order valence-electron chi connectivity index (χ1n) is 15.8. The summed E-state index contributed by atoms with van der Waals surface area (Å²) in [5.74, 6) is 0.444. The first kappa shape index (κ1) is 28.2. The largest absolute Gasteiger partial charge is 0.452 e. The molecular weight excluding hydrogens is 606 g/mol. The predicted molar refractivity (Wildman–Crippen MR) is 190 cm³/mol. The number of nitrogens with zero attached hydrogens (tertiary/aromatic N) is 5. The van der Waals surface area contributed by atoms with Gasteiger partial charge in [0.25, 0.3) is 0 Å². The standard InChI is InChI=1S/C42H25N5O2/c1-42(2)48-40-15-10-28(46-36-6-4-3-5-30(36)31-17-25(22-43)7-12-37(31)46)20-34(40)35-21-29(11-16-41(35)49-42)47-38-13-8-26(23-44)18-32(38)33-19-27(24-45)9-14-39(33)47/h3-21H,1-2H3. The Labute approximate surface area is 281 Å². The molecule has 0 bridgehead atoms. The highest BCUT2D eigenvalue weighted by atomic mass is 16.7. The van der Waals surface area contributed by atoms with E-state index in [-0.39, 0.29) is 0 Å². The number of aromatic nitrogens is 2. The van der Waals surface area contributed by atoms with Gasteiger partial charge in [0.05, 0.1) is 57.0 Å². The number of rotatable bonds is 2. The van der Waals surface area contributed by atoms with E-state index < -0.39 is 5.79 Å². The van der Waals surface area contributed by atoms with Crippen molar-refractivity contribution in [3.63, 3.8) is 0 Å². The van der Waals surface area contributed by atoms with E-state index in [1.54, 1.807) is 0 Å². The minimum absolute atomic E-state index is 0.555. The fraction of sp³-hybridized carbons (Fsp3) is 0.0714. The highest BCUT2D eigenvalue weighted by Gasteiger charge is 2.30. The predicted octanol–water partition coefficient (Wildman–Crippen LogP) is 9.67. The Kier molecular flexibility index (Phi) is 5.90. The molecule has 0 spiro atoms. The van der Waals surface area contributed by atoms with Gasteiger partial charge in [0.1, 0.15) is 11.5 Å². The summed E-state index contributed by atoms with van der Waals surface area (Å²) < 4.78 is 17.4. The summed E-state index contributed by atoms with van der Waals surface area (Å²) in [6.07, 6.45) is 0. The lowest BCUT2D eigenvalue weighted by Gasteiger charge is -2.25. The Bertz CT molecular complexity index is 2780. The van der Waals surface area contributed by atoms with Gasteiger partial charge >= 0.3 is 0 Å². The second-order valence-corrected chi connectivity index (χ2v) is 12.7. The van der Waals surface area contributed by atoms with E-state index in [4.69, 9.17) is 9.47 Å². The van der Waals surface area contributed by atoms with Crippen molar-refractivity contribution >= 4 is 43.6 Å². The Balaban J connectivity index is 1.30. The third-order valence-corrected chi connectivity index (χ3v) is 9.27. The molecule has 0 N–H and O–H groups in total. The molecule has 0 amide bonds. The molecule has 2 aromatic heterocycles. The molecule has 6 aromatic carbocycles. The SMILES string of the molecule is CC1(C)Oc2ccc(-n3c4ccccc4c4cc(C#N)ccc43)cc2-c2cc(-n3c4ccc(C#N)cc4c4cc(C#N)ccc43)ccc2O1. The smallest absolute Gasteiger partial charge is 0.245 e. The van der Waals surface area contributed by atoms with Crippen LogP contribution in [0.25, 0.3) is 66.1 Å². The Hall–Kier alpha value is -7.01. The van der Waals surface area contributed by atoms with Crippen LogP contribution < -0.4 is 9.47 Å². The number of ether oxygens (including phenoxy) is 2. The van der Waals surface area contributed by atoms with E-state index in [2.05, 4.69) is 57.7 Å². The van der Waals surface area contributed by atoms with Crippen LogP contribution >= 0.6 is 0 Å². The summed E-state index contributed by atoms with van der Waals surface area (Å²) in [6.45, 7) is 3.81. The quantitative estimate of drug-likeness (QED) is 0.189. The van der Waals surface area contributed by atoms with Gasteiger partial charge in [0.2, 0.25) is 5.79 Å². The van der Waals surface area contributed by atoms with Crippen molar-refractivity contribution in [2.75, 3.05) is 0 Å². The normalized spacial score (nSPS) is 13.1. The molecule has 1 aliphatic rings. The van der Waals surface area contributed by atoms with Crippen molar-refractivity contribution < 1.29 is 9.47 Å². The maximum atomic E-state index is 9.67. The number of nitriles is 3. The van der Waals surface area contributed by atoms with Gasteiger partial charge in [-0.15, -0.1) is 0 Å². The fourth-order valence-electron chi connectivity index (χ4n) is 7.22. The second kappa shape index (κ2) is 10.2. The van der Waals surface area contributed by atoms with Gasteiger partial charge in [-0.25, -0.2) is 0 Å². The number of hydrogen-bond acceptors (Lipinski definition) is 5. The lowest BCUT2D eigenvalue weighted by molar-refractivity contribution is -0.0778. The molecule has 9 rings (SSSR count). The van der Waals surface area contributed by atoms with E-state index in [1.165, 1.54) is 0 Å². The average Bonchev–Trinajstić information content (AvgIpc) is 3.59. The van der Waals surface area contributed by atoms with Gasteiger partial charge in [-0.2, -0.15) is 15.8 Å². The van der Waals surface area contributed by atoms with Gasteiger partial charge in [-0.3, -0.25) is 0 Å². The van der Waals surface area contributed by atoms with Crippen LogP contribution in [0.15, 0.2) is 115 Å². The first-order valence-corrected chi connectivity index (χ1v) is 15.8. The molecule has 7 heteroatoms. The summed E-state index contributed by atoms with van der Waals surface area (Å²) in [5.41, 5.74) is 9.18. The topological polar surface area (TPSA) is 99.7 Å². The highest BCUT2D eigenvalue weighted by Crippen LogP contribution is 2.46. The number of hydrogen-bond donors (Lipinski definition) is 0. The van der Waals surface area contributed by atoms with E-state index >= 15 is 0 Å². The number of benzene rings is 6. The van der Waals surface area contributed by atoms with Crippen LogP contribution in [0.4, 0.5) is 0 Å². The molecule has 0 fully saturated rings. The van der Waals surface area contributed by atoms with E-state index in [0.29, 0.717) is 28.2 Å². The Morgan fingerprint density at radius 1 is 0.469 bits per heavy atom. The molecule has 1 aliphatic heterocycles. The van der Waals surface area contributed by atoms with E-state index in [0.717, 1.165) is 66.1 Å². The van der Waals surface area contributed by atoms with Gasteiger partial charge in [-0.1, -0.05) is 18.2 Å². The summed E-state index contributed by atoms with van der Waals surface area (Å²) in [7, 11) is 0. The molecule has 7 nitrogen and oxygen atoms in total. The molecule has 0 saturated heterocycles. The molecular formula is C42H25N5O2. The van der Waals surface area contributed by atoms with Gasteiger partial charge < -0.3 is 18.6 Å². The molecule has 0 aliphatic carbocycles. The van der Waals surface area contributed by atoms with Gasteiger partial charge in [-0.05, 0) is 97.1 Å². The lowest BCUT2D eigenvalue weighted by Crippen LogP contribution is -2.34. The monoisotopic (exact) mass is 631 g/mol. The van der Waals surface area contributed by atoms with Crippen LogP contribution in [0.2, 0.25) is 0 Å². The van der Waals surface area contributed by atoms with Crippen molar-refractivity contribution in [3.05, 3.63) is 132 Å². The van der Waals surface area contributed by atoms with Crippen LogP contribution in [0.1, 0.15) is 30.5 Å². The minimum atomic E-state index is -0.933. The number of para-hydroxylation sites is 1. The van der Waals surface area contributed by atoms with Crippen molar-refractivity contribution in [3.8, 4) is 52.2 Å². The maximum absolute atomic E-state index is 9.67. The minimum Gasteiger partial charge on any atom is -0.452 e. The highest BCUT2D eigenvalue weighted by molar-refractivity contribution is 6.11.